The van der Waals surface area contributed by atoms with E-state index in [-0.39, 0.29) is 0 Å². The molecule has 0 aliphatic heterocycles. The smallest absolute Gasteiger partial charge is 0.119 e. The quantitative estimate of drug-likeness (QED) is 0.773. The van der Waals surface area contributed by atoms with E-state index >= 15 is 0 Å². The highest BCUT2D eigenvalue weighted by Crippen LogP contribution is 2.25. The summed E-state index contributed by atoms with van der Waals surface area (Å²) >= 11 is 3.54. The molecular weight excluding hydrogens is 318 g/mol. The summed E-state index contributed by atoms with van der Waals surface area (Å²) in [5, 5.41) is 3.37. The lowest BCUT2D eigenvalue weighted by molar-refractivity contribution is 0.185. The molecule has 0 amide bonds. The Morgan fingerprint density at radius 2 is 1.85 bits per heavy atom. The molecule has 0 aromatic heterocycles. The topological polar surface area (TPSA) is 30.5 Å². The average Bonchev–Trinajstić information content (AvgIpc) is 2.48. The van der Waals surface area contributed by atoms with Crippen molar-refractivity contribution in [3.63, 3.8) is 0 Å². The van der Waals surface area contributed by atoms with Crippen LogP contribution in [0.25, 0.3) is 0 Å². The fourth-order valence-electron chi connectivity index (χ4n) is 1.89. The maximum absolute atomic E-state index is 5.65. The van der Waals surface area contributed by atoms with Crippen LogP contribution in [0.5, 0.6) is 5.75 Å². The highest BCUT2D eigenvalue weighted by Gasteiger charge is 2.05. The molecule has 3 nitrogen and oxygen atoms in total. The van der Waals surface area contributed by atoms with Crippen molar-refractivity contribution in [1.82, 2.24) is 0 Å². The van der Waals surface area contributed by atoms with Crippen molar-refractivity contribution < 1.29 is 9.47 Å². The lowest BCUT2D eigenvalue weighted by Crippen LogP contribution is -2.13. The molecule has 106 valence electrons. The Hall–Kier alpha value is -1.52. The van der Waals surface area contributed by atoms with Crippen molar-refractivity contribution in [2.75, 3.05) is 25.6 Å². The summed E-state index contributed by atoms with van der Waals surface area (Å²) in [6, 6.07) is 15.9. The molecule has 0 spiro atoms. The normalized spacial score (nSPS) is 10.3. The lowest BCUT2D eigenvalue weighted by Gasteiger charge is -2.13. The third kappa shape index (κ3) is 4.25. The Morgan fingerprint density at radius 1 is 1.05 bits per heavy atom. The number of halogens is 1. The first-order valence-electron chi connectivity index (χ1n) is 6.49. The Balaban J connectivity index is 1.86. The Morgan fingerprint density at radius 3 is 2.60 bits per heavy atom. The predicted octanol–water partition coefficient (Wildman–Crippen LogP) is 4.09. The van der Waals surface area contributed by atoms with Crippen molar-refractivity contribution in [2.45, 2.75) is 6.61 Å². The zero-order valence-electron chi connectivity index (χ0n) is 11.4. The second kappa shape index (κ2) is 7.92. The van der Waals surface area contributed by atoms with Crippen LogP contribution in [0.4, 0.5) is 5.69 Å². The van der Waals surface area contributed by atoms with Crippen LogP contribution in [0.1, 0.15) is 5.56 Å². The number of nitrogens with one attached hydrogen (secondary N) is 1. The van der Waals surface area contributed by atoms with Gasteiger partial charge in [0, 0.05) is 29.4 Å². The van der Waals surface area contributed by atoms with Gasteiger partial charge in [0.05, 0.1) is 6.61 Å². The fourth-order valence-corrected chi connectivity index (χ4v) is 2.37. The number of hydrogen-bond donors (Lipinski definition) is 1. The molecule has 4 heteroatoms. The third-order valence-corrected chi connectivity index (χ3v) is 3.58. The number of hydrogen-bond acceptors (Lipinski definition) is 3. The number of rotatable bonds is 7. The van der Waals surface area contributed by atoms with E-state index in [9.17, 15) is 0 Å². The molecule has 0 bridgehead atoms. The summed E-state index contributed by atoms with van der Waals surface area (Å²) in [5.74, 6) is 0.889. The molecule has 20 heavy (non-hydrogen) atoms. The van der Waals surface area contributed by atoms with Crippen LogP contribution in [0.3, 0.4) is 0 Å². The van der Waals surface area contributed by atoms with Crippen molar-refractivity contribution in [2.24, 2.45) is 0 Å². The second-order valence-electron chi connectivity index (χ2n) is 4.29. The minimum absolute atomic E-state index is 0.573. The van der Waals surface area contributed by atoms with E-state index < -0.39 is 0 Å². The fraction of sp³-hybridized carbons (Fsp3) is 0.250. The van der Waals surface area contributed by atoms with Crippen LogP contribution in [-0.2, 0) is 11.3 Å². The van der Waals surface area contributed by atoms with Crippen LogP contribution < -0.4 is 10.1 Å². The molecule has 1 N–H and O–H groups in total. The van der Waals surface area contributed by atoms with Crippen LogP contribution in [-0.4, -0.2) is 20.3 Å². The number of benzene rings is 2. The summed E-state index contributed by atoms with van der Waals surface area (Å²) in [4.78, 5) is 0. The van der Waals surface area contributed by atoms with Crippen LogP contribution in [0, 0.1) is 0 Å². The van der Waals surface area contributed by atoms with E-state index in [1.165, 1.54) is 0 Å². The van der Waals surface area contributed by atoms with Gasteiger partial charge in [0.25, 0.3) is 0 Å². The molecule has 2 aromatic carbocycles. The van der Waals surface area contributed by atoms with Crippen molar-refractivity contribution in [3.8, 4) is 5.75 Å². The molecule has 2 rings (SSSR count). The largest absolute Gasteiger partial charge is 0.492 e. The number of para-hydroxylation sites is 1. The van der Waals surface area contributed by atoms with Gasteiger partial charge in [-0.1, -0.05) is 40.2 Å². The van der Waals surface area contributed by atoms with Gasteiger partial charge >= 0.3 is 0 Å². The van der Waals surface area contributed by atoms with Crippen molar-refractivity contribution in [3.05, 3.63) is 58.6 Å². The molecular formula is C16H18BrNO2. The summed E-state index contributed by atoms with van der Waals surface area (Å²) in [7, 11) is 1.70. The lowest BCUT2D eigenvalue weighted by atomic mass is 10.2. The summed E-state index contributed by atoms with van der Waals surface area (Å²) in [5.41, 5.74) is 2.19. The van der Waals surface area contributed by atoms with Crippen LogP contribution >= 0.6 is 15.9 Å². The Kier molecular flexibility index (Phi) is 5.89. The minimum Gasteiger partial charge on any atom is -0.492 e. The molecule has 0 unspecified atom stereocenters. The molecule has 0 saturated carbocycles. The number of anilines is 1. The molecule has 0 heterocycles. The molecule has 2 aromatic rings. The van der Waals surface area contributed by atoms with Gasteiger partial charge in [-0.15, -0.1) is 0 Å². The van der Waals surface area contributed by atoms with Gasteiger partial charge < -0.3 is 14.8 Å². The minimum atomic E-state index is 0.573. The first-order chi connectivity index (χ1) is 9.81. The molecule has 0 fully saturated rings. The third-order valence-electron chi connectivity index (χ3n) is 2.84. The van der Waals surface area contributed by atoms with Gasteiger partial charge in [-0.2, -0.15) is 0 Å². The molecule has 0 aliphatic rings. The van der Waals surface area contributed by atoms with Gasteiger partial charge in [-0.3, -0.25) is 0 Å². The van der Waals surface area contributed by atoms with E-state index in [1.54, 1.807) is 7.11 Å². The highest BCUT2D eigenvalue weighted by atomic mass is 79.9. The first kappa shape index (κ1) is 14.9. The van der Waals surface area contributed by atoms with Crippen molar-refractivity contribution >= 4 is 21.6 Å². The number of methoxy groups -OCH3 is 1. The molecule has 0 saturated heterocycles. The van der Waals surface area contributed by atoms with E-state index in [4.69, 9.17) is 9.47 Å². The Labute approximate surface area is 128 Å². The van der Waals surface area contributed by atoms with Gasteiger partial charge in [0.1, 0.15) is 12.4 Å². The van der Waals surface area contributed by atoms with Gasteiger partial charge in [0.2, 0.25) is 0 Å². The summed E-state index contributed by atoms with van der Waals surface area (Å²) in [6.45, 7) is 1.92. The monoisotopic (exact) mass is 335 g/mol. The van der Waals surface area contributed by atoms with E-state index in [0.717, 1.165) is 28.0 Å². The van der Waals surface area contributed by atoms with E-state index in [2.05, 4.69) is 21.2 Å². The maximum atomic E-state index is 5.65. The van der Waals surface area contributed by atoms with E-state index in [1.807, 2.05) is 48.5 Å². The predicted molar refractivity (Wildman–Crippen MR) is 85.3 cm³/mol. The SMILES string of the molecule is COCc1c(Br)cccc1NCCOc1ccccc1. The van der Waals surface area contributed by atoms with Gasteiger partial charge in [0.15, 0.2) is 0 Å². The molecule has 0 atom stereocenters. The maximum Gasteiger partial charge on any atom is 0.119 e. The summed E-state index contributed by atoms with van der Waals surface area (Å²) < 4.78 is 11.9. The van der Waals surface area contributed by atoms with Gasteiger partial charge in [-0.05, 0) is 24.3 Å². The van der Waals surface area contributed by atoms with Crippen molar-refractivity contribution in [1.29, 1.82) is 0 Å². The number of ether oxygens (including phenoxy) is 2. The standard InChI is InChI=1S/C16H18BrNO2/c1-19-12-14-15(17)8-5-9-16(14)18-10-11-20-13-6-3-2-4-7-13/h2-9,18H,10-12H2,1H3. The highest BCUT2D eigenvalue weighted by molar-refractivity contribution is 9.10. The first-order valence-corrected chi connectivity index (χ1v) is 7.28. The molecule has 0 aliphatic carbocycles. The second-order valence-corrected chi connectivity index (χ2v) is 5.14. The van der Waals surface area contributed by atoms with Crippen LogP contribution in [0.15, 0.2) is 53.0 Å². The summed E-state index contributed by atoms with van der Waals surface area (Å²) in [6.07, 6.45) is 0. The zero-order chi connectivity index (χ0) is 14.2. The molecule has 0 radical (unpaired) electrons. The Bertz CT molecular complexity index is 531. The zero-order valence-corrected chi connectivity index (χ0v) is 13.0. The average molecular weight is 336 g/mol. The van der Waals surface area contributed by atoms with Gasteiger partial charge in [-0.25, -0.2) is 0 Å². The van der Waals surface area contributed by atoms with E-state index in [0.29, 0.717) is 13.2 Å². The van der Waals surface area contributed by atoms with Crippen LogP contribution in [0.2, 0.25) is 0 Å².